The molecule has 1 aliphatic carbocycles. The SMILES string of the molecule is COCCn1c2c(c3cc(C(C)C)ccc31)Cc1cc(C(C)C)ccc1-2. The molecule has 0 atom stereocenters. The fourth-order valence-electron chi connectivity index (χ4n) is 4.24. The summed E-state index contributed by atoms with van der Waals surface area (Å²) in [4.78, 5) is 0. The topological polar surface area (TPSA) is 14.2 Å². The van der Waals surface area contributed by atoms with E-state index in [1.807, 2.05) is 0 Å². The van der Waals surface area contributed by atoms with Crippen molar-refractivity contribution in [1.82, 2.24) is 4.57 Å². The number of hydrogen-bond donors (Lipinski definition) is 0. The van der Waals surface area contributed by atoms with Gasteiger partial charge in [0, 0.05) is 36.5 Å². The van der Waals surface area contributed by atoms with Gasteiger partial charge in [0.15, 0.2) is 0 Å². The predicted molar refractivity (Wildman–Crippen MR) is 110 cm³/mol. The molecule has 0 aliphatic heterocycles. The molecule has 2 nitrogen and oxygen atoms in total. The molecule has 0 radical (unpaired) electrons. The second-order valence-corrected chi connectivity index (χ2v) is 8.15. The number of hydrogen-bond acceptors (Lipinski definition) is 1. The number of benzene rings is 2. The van der Waals surface area contributed by atoms with Gasteiger partial charge in [-0.3, -0.25) is 0 Å². The van der Waals surface area contributed by atoms with E-state index in [0.29, 0.717) is 11.8 Å². The summed E-state index contributed by atoms with van der Waals surface area (Å²) in [6.45, 7) is 10.7. The van der Waals surface area contributed by atoms with Gasteiger partial charge in [-0.1, -0.05) is 52.0 Å². The molecule has 1 aliphatic rings. The molecule has 1 heterocycles. The fourth-order valence-corrected chi connectivity index (χ4v) is 4.24. The number of fused-ring (bicyclic) bond motifs is 5. The number of ether oxygens (including phenoxy) is 1. The lowest BCUT2D eigenvalue weighted by Crippen LogP contribution is -2.05. The maximum absolute atomic E-state index is 5.40. The van der Waals surface area contributed by atoms with Gasteiger partial charge in [-0.15, -0.1) is 0 Å². The van der Waals surface area contributed by atoms with Gasteiger partial charge in [-0.25, -0.2) is 0 Å². The summed E-state index contributed by atoms with van der Waals surface area (Å²) in [5, 5.41) is 1.42. The Morgan fingerprint density at radius 1 is 0.962 bits per heavy atom. The van der Waals surface area contributed by atoms with Crippen LogP contribution in [0.3, 0.4) is 0 Å². The third-order valence-electron chi connectivity index (χ3n) is 5.80. The number of methoxy groups -OCH3 is 1. The molecule has 0 fully saturated rings. The standard InChI is InChI=1S/C24H29NO/c1-15(2)17-6-8-20-19(12-17)14-22-21-13-18(16(3)4)7-9-23(21)25(24(20)22)10-11-26-5/h6-9,12-13,15-16H,10-11,14H2,1-5H3. The van der Waals surface area contributed by atoms with Crippen molar-refractivity contribution in [2.45, 2.75) is 52.5 Å². The van der Waals surface area contributed by atoms with Gasteiger partial charge in [0.2, 0.25) is 0 Å². The van der Waals surface area contributed by atoms with Crippen molar-refractivity contribution in [3.05, 3.63) is 58.7 Å². The van der Waals surface area contributed by atoms with Crippen LogP contribution in [0.4, 0.5) is 0 Å². The molecular weight excluding hydrogens is 318 g/mol. The average molecular weight is 348 g/mol. The van der Waals surface area contributed by atoms with Crippen molar-refractivity contribution < 1.29 is 4.74 Å². The molecule has 0 saturated heterocycles. The highest BCUT2D eigenvalue weighted by atomic mass is 16.5. The lowest BCUT2D eigenvalue weighted by atomic mass is 9.97. The van der Waals surface area contributed by atoms with Crippen molar-refractivity contribution in [2.75, 3.05) is 13.7 Å². The van der Waals surface area contributed by atoms with Gasteiger partial charge in [0.05, 0.1) is 12.3 Å². The van der Waals surface area contributed by atoms with Crippen LogP contribution in [0.15, 0.2) is 36.4 Å². The third-order valence-corrected chi connectivity index (χ3v) is 5.80. The summed E-state index contributed by atoms with van der Waals surface area (Å²) in [5.74, 6) is 1.12. The molecule has 4 rings (SSSR count). The van der Waals surface area contributed by atoms with Crippen LogP contribution in [0, 0.1) is 0 Å². The molecule has 26 heavy (non-hydrogen) atoms. The lowest BCUT2D eigenvalue weighted by molar-refractivity contribution is 0.189. The zero-order chi connectivity index (χ0) is 18.4. The molecule has 1 aromatic heterocycles. The molecule has 0 amide bonds. The van der Waals surface area contributed by atoms with E-state index >= 15 is 0 Å². The summed E-state index contributed by atoms with van der Waals surface area (Å²) < 4.78 is 7.87. The minimum Gasteiger partial charge on any atom is -0.383 e. The van der Waals surface area contributed by atoms with Crippen molar-refractivity contribution >= 4 is 10.9 Å². The van der Waals surface area contributed by atoms with Crippen molar-refractivity contribution in [2.24, 2.45) is 0 Å². The summed E-state index contributed by atoms with van der Waals surface area (Å²) in [7, 11) is 1.78. The van der Waals surface area contributed by atoms with Crippen LogP contribution in [0.5, 0.6) is 0 Å². The van der Waals surface area contributed by atoms with E-state index in [4.69, 9.17) is 4.74 Å². The van der Waals surface area contributed by atoms with Crippen LogP contribution in [-0.2, 0) is 17.7 Å². The molecule has 0 N–H and O–H groups in total. The second kappa shape index (κ2) is 6.59. The van der Waals surface area contributed by atoms with Gasteiger partial charge in [-0.2, -0.15) is 0 Å². The molecule has 2 heteroatoms. The highest BCUT2D eigenvalue weighted by Crippen LogP contribution is 2.44. The normalized spacial score (nSPS) is 13.0. The molecule has 3 aromatic rings. The Kier molecular flexibility index (Phi) is 4.40. The maximum Gasteiger partial charge on any atom is 0.0642 e. The Hall–Kier alpha value is -2.06. The van der Waals surface area contributed by atoms with E-state index in [1.54, 1.807) is 7.11 Å². The first-order valence-corrected chi connectivity index (χ1v) is 9.78. The quantitative estimate of drug-likeness (QED) is 0.425. The monoisotopic (exact) mass is 347 g/mol. The van der Waals surface area contributed by atoms with E-state index in [-0.39, 0.29) is 0 Å². The van der Waals surface area contributed by atoms with Gasteiger partial charge in [0.25, 0.3) is 0 Å². The zero-order valence-electron chi connectivity index (χ0n) is 16.6. The van der Waals surface area contributed by atoms with Crippen LogP contribution in [0.25, 0.3) is 22.2 Å². The van der Waals surface area contributed by atoms with E-state index in [1.165, 1.54) is 44.4 Å². The van der Waals surface area contributed by atoms with Crippen LogP contribution in [0.2, 0.25) is 0 Å². The fraction of sp³-hybridized carbons (Fsp3) is 0.417. The highest BCUT2D eigenvalue weighted by Gasteiger charge is 2.27. The zero-order valence-corrected chi connectivity index (χ0v) is 16.6. The van der Waals surface area contributed by atoms with Gasteiger partial charge >= 0.3 is 0 Å². The maximum atomic E-state index is 5.40. The number of aromatic nitrogens is 1. The smallest absolute Gasteiger partial charge is 0.0642 e. The molecular formula is C24H29NO. The van der Waals surface area contributed by atoms with Gasteiger partial charge in [-0.05, 0) is 46.2 Å². The van der Waals surface area contributed by atoms with E-state index in [9.17, 15) is 0 Å². The average Bonchev–Trinajstić information content (AvgIpc) is 3.13. The minimum absolute atomic E-state index is 0.550. The highest BCUT2D eigenvalue weighted by molar-refractivity contribution is 5.96. The molecule has 0 spiro atoms. The first-order chi connectivity index (χ1) is 12.5. The largest absolute Gasteiger partial charge is 0.383 e. The van der Waals surface area contributed by atoms with Crippen molar-refractivity contribution in [1.29, 1.82) is 0 Å². The van der Waals surface area contributed by atoms with Crippen LogP contribution < -0.4 is 0 Å². The van der Waals surface area contributed by atoms with E-state index in [2.05, 4.69) is 68.7 Å². The second-order valence-electron chi connectivity index (χ2n) is 8.15. The first kappa shape index (κ1) is 17.4. The van der Waals surface area contributed by atoms with E-state index < -0.39 is 0 Å². The van der Waals surface area contributed by atoms with Gasteiger partial charge in [0.1, 0.15) is 0 Å². The Bertz CT molecular complexity index is 962. The summed E-state index contributed by atoms with van der Waals surface area (Å²) >= 11 is 0. The number of nitrogens with zero attached hydrogens (tertiary/aromatic N) is 1. The molecule has 2 aromatic carbocycles. The van der Waals surface area contributed by atoms with Crippen LogP contribution in [0.1, 0.15) is 61.8 Å². The number of rotatable bonds is 5. The summed E-state index contributed by atoms with van der Waals surface area (Å²) in [5.41, 5.74) is 9.98. The van der Waals surface area contributed by atoms with Gasteiger partial charge < -0.3 is 9.30 Å². The van der Waals surface area contributed by atoms with E-state index in [0.717, 1.165) is 19.6 Å². The third kappa shape index (κ3) is 2.68. The Morgan fingerprint density at radius 3 is 2.35 bits per heavy atom. The van der Waals surface area contributed by atoms with Crippen molar-refractivity contribution in [3.8, 4) is 11.3 Å². The Balaban J connectivity index is 1.93. The Labute approximate surface area is 156 Å². The minimum atomic E-state index is 0.550. The first-order valence-electron chi connectivity index (χ1n) is 9.78. The molecule has 0 bridgehead atoms. The van der Waals surface area contributed by atoms with Crippen molar-refractivity contribution in [3.63, 3.8) is 0 Å². The predicted octanol–water partition coefficient (Wildman–Crippen LogP) is 6.11. The van der Waals surface area contributed by atoms with Crippen LogP contribution >= 0.6 is 0 Å². The summed E-state index contributed by atoms with van der Waals surface area (Å²) in [6.07, 6.45) is 1.04. The molecule has 0 saturated carbocycles. The molecule has 136 valence electrons. The lowest BCUT2D eigenvalue weighted by Gasteiger charge is -2.13. The Morgan fingerprint density at radius 2 is 1.65 bits per heavy atom. The molecule has 0 unspecified atom stereocenters. The summed E-state index contributed by atoms with van der Waals surface area (Å²) in [6, 6.07) is 14.1. The van der Waals surface area contributed by atoms with Crippen LogP contribution in [-0.4, -0.2) is 18.3 Å².